The molecule has 2 aromatic rings. The number of rotatable bonds is 6. The molecule has 0 saturated carbocycles. The normalized spacial score (nSPS) is 10.3. The van der Waals surface area contributed by atoms with Crippen LogP contribution in [0.15, 0.2) is 40.9 Å². The Bertz CT molecular complexity index is 707. The SMILES string of the molecule is COc1ccc(Br)c(NCC(=O)NCc2ccc(C)c(F)c2)c1. The lowest BCUT2D eigenvalue weighted by Crippen LogP contribution is -2.29. The molecule has 0 spiro atoms. The van der Waals surface area contributed by atoms with Crippen LogP contribution < -0.4 is 15.4 Å². The Hall–Kier alpha value is -2.08. The summed E-state index contributed by atoms with van der Waals surface area (Å²) in [5.74, 6) is 0.252. The van der Waals surface area contributed by atoms with Crippen LogP contribution in [0, 0.1) is 12.7 Å². The van der Waals surface area contributed by atoms with Crippen LogP contribution in [0.2, 0.25) is 0 Å². The summed E-state index contributed by atoms with van der Waals surface area (Å²) >= 11 is 3.41. The molecule has 0 aliphatic carbocycles. The Morgan fingerprint density at radius 3 is 2.74 bits per heavy atom. The Morgan fingerprint density at radius 1 is 1.26 bits per heavy atom. The largest absolute Gasteiger partial charge is 0.497 e. The molecule has 1 amide bonds. The van der Waals surface area contributed by atoms with Crippen molar-refractivity contribution in [2.24, 2.45) is 0 Å². The lowest BCUT2D eigenvalue weighted by Gasteiger charge is -2.11. The van der Waals surface area contributed by atoms with Gasteiger partial charge in [-0.1, -0.05) is 12.1 Å². The highest BCUT2D eigenvalue weighted by Gasteiger charge is 2.06. The minimum Gasteiger partial charge on any atom is -0.497 e. The number of ether oxygens (including phenoxy) is 1. The van der Waals surface area contributed by atoms with Crippen molar-refractivity contribution in [2.75, 3.05) is 19.0 Å². The number of benzene rings is 2. The highest BCUT2D eigenvalue weighted by Crippen LogP contribution is 2.26. The summed E-state index contributed by atoms with van der Waals surface area (Å²) in [5, 5.41) is 5.78. The van der Waals surface area contributed by atoms with Crippen LogP contribution in [0.1, 0.15) is 11.1 Å². The number of amides is 1. The van der Waals surface area contributed by atoms with E-state index in [1.54, 1.807) is 32.2 Å². The Labute approximate surface area is 143 Å². The summed E-state index contributed by atoms with van der Waals surface area (Å²) < 4.78 is 19.4. The molecule has 0 aliphatic heterocycles. The van der Waals surface area contributed by atoms with Gasteiger partial charge in [-0.15, -0.1) is 0 Å². The van der Waals surface area contributed by atoms with Crippen LogP contribution in [0.25, 0.3) is 0 Å². The molecule has 0 atom stereocenters. The van der Waals surface area contributed by atoms with Crippen LogP contribution in [0.3, 0.4) is 0 Å². The molecule has 0 radical (unpaired) electrons. The van der Waals surface area contributed by atoms with E-state index < -0.39 is 0 Å². The zero-order valence-electron chi connectivity index (χ0n) is 13.0. The van der Waals surface area contributed by atoms with Crippen molar-refractivity contribution in [1.29, 1.82) is 0 Å². The Balaban J connectivity index is 1.86. The highest BCUT2D eigenvalue weighted by molar-refractivity contribution is 9.10. The van der Waals surface area contributed by atoms with Gasteiger partial charge in [0.2, 0.25) is 5.91 Å². The quantitative estimate of drug-likeness (QED) is 0.804. The smallest absolute Gasteiger partial charge is 0.239 e. The van der Waals surface area contributed by atoms with E-state index >= 15 is 0 Å². The minimum absolute atomic E-state index is 0.111. The van der Waals surface area contributed by atoms with Crippen LogP contribution in [0.4, 0.5) is 10.1 Å². The number of nitrogens with one attached hydrogen (secondary N) is 2. The molecule has 0 bridgehead atoms. The molecule has 0 aromatic heterocycles. The third-order valence-electron chi connectivity index (χ3n) is 3.34. The molecular weight excluding hydrogens is 363 g/mol. The number of carbonyl (C=O) groups excluding carboxylic acids is 1. The number of methoxy groups -OCH3 is 1. The second-order valence-electron chi connectivity index (χ2n) is 5.06. The summed E-state index contributed by atoms with van der Waals surface area (Å²) in [6.07, 6.45) is 0. The third kappa shape index (κ3) is 4.96. The second kappa shape index (κ2) is 7.97. The molecule has 6 heteroatoms. The van der Waals surface area contributed by atoms with Crippen LogP contribution in [0.5, 0.6) is 5.75 Å². The maximum absolute atomic E-state index is 13.4. The number of halogens is 2. The van der Waals surface area contributed by atoms with Gasteiger partial charge in [0.05, 0.1) is 19.3 Å². The predicted molar refractivity (Wildman–Crippen MR) is 92.2 cm³/mol. The summed E-state index contributed by atoms with van der Waals surface area (Å²) in [6.45, 7) is 2.10. The molecule has 0 unspecified atom stereocenters. The summed E-state index contributed by atoms with van der Waals surface area (Å²) in [4.78, 5) is 11.9. The highest BCUT2D eigenvalue weighted by atomic mass is 79.9. The first-order valence-electron chi connectivity index (χ1n) is 7.08. The van der Waals surface area contributed by atoms with E-state index in [0.717, 1.165) is 15.7 Å². The van der Waals surface area contributed by atoms with Gasteiger partial charge in [-0.05, 0) is 52.2 Å². The van der Waals surface area contributed by atoms with E-state index in [0.29, 0.717) is 11.3 Å². The van der Waals surface area contributed by atoms with Crippen LogP contribution >= 0.6 is 15.9 Å². The van der Waals surface area contributed by atoms with E-state index in [2.05, 4.69) is 26.6 Å². The van der Waals surface area contributed by atoms with E-state index in [1.807, 2.05) is 12.1 Å². The molecular formula is C17H18BrFN2O2. The van der Waals surface area contributed by atoms with Gasteiger partial charge in [-0.25, -0.2) is 4.39 Å². The van der Waals surface area contributed by atoms with Crippen LogP contribution in [-0.4, -0.2) is 19.6 Å². The average molecular weight is 381 g/mol. The van der Waals surface area contributed by atoms with Crippen molar-refractivity contribution >= 4 is 27.5 Å². The lowest BCUT2D eigenvalue weighted by molar-refractivity contribution is -0.119. The summed E-state index contributed by atoms with van der Waals surface area (Å²) in [6, 6.07) is 10.4. The number of aryl methyl sites for hydroxylation is 1. The van der Waals surface area contributed by atoms with Gasteiger partial charge in [0.15, 0.2) is 0 Å². The predicted octanol–water partition coefficient (Wildman–Crippen LogP) is 3.63. The van der Waals surface area contributed by atoms with Gasteiger partial charge in [-0.3, -0.25) is 4.79 Å². The second-order valence-corrected chi connectivity index (χ2v) is 5.91. The fraction of sp³-hybridized carbons (Fsp3) is 0.235. The monoisotopic (exact) mass is 380 g/mol. The first-order valence-corrected chi connectivity index (χ1v) is 7.88. The summed E-state index contributed by atoms with van der Waals surface area (Å²) in [5.41, 5.74) is 2.08. The van der Waals surface area contributed by atoms with E-state index in [4.69, 9.17) is 4.74 Å². The standard InChI is InChI=1S/C17H18BrFN2O2/c1-11-3-4-12(7-15(11)19)9-21-17(22)10-20-16-8-13(23-2)5-6-14(16)18/h3-8,20H,9-10H2,1-2H3,(H,21,22). The molecule has 0 fully saturated rings. The fourth-order valence-electron chi connectivity index (χ4n) is 1.95. The number of hydrogen-bond acceptors (Lipinski definition) is 3. The van der Waals surface area contributed by atoms with Gasteiger partial charge in [-0.2, -0.15) is 0 Å². The molecule has 122 valence electrons. The Kier molecular flexibility index (Phi) is 5.98. The zero-order valence-corrected chi connectivity index (χ0v) is 14.5. The minimum atomic E-state index is -0.268. The number of anilines is 1. The number of hydrogen-bond donors (Lipinski definition) is 2. The van der Waals surface area contributed by atoms with E-state index in [1.165, 1.54) is 6.07 Å². The van der Waals surface area contributed by atoms with Gasteiger partial charge >= 0.3 is 0 Å². The van der Waals surface area contributed by atoms with Gasteiger partial charge in [0.1, 0.15) is 11.6 Å². The van der Waals surface area contributed by atoms with E-state index in [9.17, 15) is 9.18 Å². The first kappa shape index (κ1) is 17.3. The van der Waals surface area contributed by atoms with Crippen molar-refractivity contribution in [3.63, 3.8) is 0 Å². The van der Waals surface area contributed by atoms with Crippen LogP contribution in [-0.2, 0) is 11.3 Å². The third-order valence-corrected chi connectivity index (χ3v) is 4.03. The first-order chi connectivity index (χ1) is 11.0. The molecule has 0 aliphatic rings. The Morgan fingerprint density at radius 2 is 2.04 bits per heavy atom. The van der Waals surface area contributed by atoms with E-state index in [-0.39, 0.29) is 24.8 Å². The molecule has 2 rings (SSSR count). The van der Waals surface area contributed by atoms with Crippen molar-refractivity contribution in [1.82, 2.24) is 5.32 Å². The van der Waals surface area contributed by atoms with Crippen molar-refractivity contribution in [3.8, 4) is 5.75 Å². The molecule has 0 saturated heterocycles. The lowest BCUT2D eigenvalue weighted by atomic mass is 10.1. The van der Waals surface area contributed by atoms with Crippen molar-refractivity contribution in [3.05, 3.63) is 57.8 Å². The molecule has 4 nitrogen and oxygen atoms in total. The maximum Gasteiger partial charge on any atom is 0.239 e. The summed E-state index contributed by atoms with van der Waals surface area (Å²) in [7, 11) is 1.58. The topological polar surface area (TPSA) is 50.4 Å². The maximum atomic E-state index is 13.4. The average Bonchev–Trinajstić information content (AvgIpc) is 2.55. The number of carbonyl (C=O) groups is 1. The van der Waals surface area contributed by atoms with Gasteiger partial charge < -0.3 is 15.4 Å². The molecule has 2 aromatic carbocycles. The van der Waals surface area contributed by atoms with Gasteiger partial charge in [0.25, 0.3) is 0 Å². The molecule has 23 heavy (non-hydrogen) atoms. The zero-order chi connectivity index (χ0) is 16.8. The van der Waals surface area contributed by atoms with Crippen molar-refractivity contribution < 1.29 is 13.9 Å². The fourth-order valence-corrected chi connectivity index (χ4v) is 2.34. The molecule has 0 heterocycles. The molecule has 2 N–H and O–H groups in total. The van der Waals surface area contributed by atoms with Gasteiger partial charge in [0, 0.05) is 17.1 Å². The van der Waals surface area contributed by atoms with Crippen molar-refractivity contribution in [2.45, 2.75) is 13.5 Å².